The standard InChI is InChI=1S/C16H26N4O/c1-3-4-5-6-7-8-13-20(2)19-18-15-11-9-14(10-12-15)16(17)21/h9-12H,3-8,13H2,1-2H3,(H2,17,21). The van der Waals surface area contributed by atoms with Crippen LogP contribution in [-0.4, -0.2) is 24.5 Å². The van der Waals surface area contributed by atoms with Crippen LogP contribution in [0.4, 0.5) is 5.69 Å². The minimum absolute atomic E-state index is 0.432. The van der Waals surface area contributed by atoms with Crippen molar-refractivity contribution in [1.82, 2.24) is 5.01 Å². The molecule has 1 amide bonds. The summed E-state index contributed by atoms with van der Waals surface area (Å²) in [7, 11) is 1.92. The second-order valence-corrected chi connectivity index (χ2v) is 5.25. The van der Waals surface area contributed by atoms with Crippen molar-refractivity contribution in [1.29, 1.82) is 0 Å². The fourth-order valence-corrected chi connectivity index (χ4v) is 1.99. The number of unbranched alkanes of at least 4 members (excludes halogenated alkanes) is 5. The summed E-state index contributed by atoms with van der Waals surface area (Å²) in [4.78, 5) is 11.0. The van der Waals surface area contributed by atoms with E-state index in [0.717, 1.165) is 18.7 Å². The van der Waals surface area contributed by atoms with Gasteiger partial charge in [0.25, 0.3) is 0 Å². The van der Waals surface area contributed by atoms with Crippen molar-refractivity contribution in [3.05, 3.63) is 29.8 Å². The molecule has 0 aliphatic heterocycles. The molecule has 21 heavy (non-hydrogen) atoms. The number of carbonyl (C=O) groups is 1. The third kappa shape index (κ3) is 7.44. The molecular weight excluding hydrogens is 264 g/mol. The van der Waals surface area contributed by atoms with Crippen molar-refractivity contribution in [2.75, 3.05) is 13.6 Å². The Hall–Kier alpha value is -1.91. The average molecular weight is 290 g/mol. The van der Waals surface area contributed by atoms with Gasteiger partial charge < -0.3 is 5.73 Å². The van der Waals surface area contributed by atoms with Gasteiger partial charge in [-0.1, -0.05) is 44.3 Å². The molecular formula is C16H26N4O. The molecule has 0 atom stereocenters. The van der Waals surface area contributed by atoms with Crippen molar-refractivity contribution < 1.29 is 4.79 Å². The number of nitrogens with zero attached hydrogens (tertiary/aromatic N) is 3. The minimum Gasteiger partial charge on any atom is -0.366 e. The van der Waals surface area contributed by atoms with Crippen LogP contribution in [0, 0.1) is 0 Å². The summed E-state index contributed by atoms with van der Waals surface area (Å²) in [5, 5.41) is 10.1. The first-order valence-corrected chi connectivity index (χ1v) is 7.66. The van der Waals surface area contributed by atoms with Crippen LogP contribution in [0.2, 0.25) is 0 Å². The van der Waals surface area contributed by atoms with Gasteiger partial charge in [-0.25, -0.2) is 0 Å². The molecule has 0 bridgehead atoms. The van der Waals surface area contributed by atoms with E-state index in [-0.39, 0.29) is 0 Å². The number of primary amides is 1. The molecule has 5 nitrogen and oxygen atoms in total. The van der Waals surface area contributed by atoms with Gasteiger partial charge in [-0.2, -0.15) is 0 Å². The molecule has 0 fully saturated rings. The van der Waals surface area contributed by atoms with Gasteiger partial charge >= 0.3 is 0 Å². The zero-order valence-corrected chi connectivity index (χ0v) is 13.1. The van der Waals surface area contributed by atoms with Gasteiger partial charge in [0.1, 0.15) is 0 Å². The zero-order valence-electron chi connectivity index (χ0n) is 13.1. The molecule has 0 heterocycles. The van der Waals surface area contributed by atoms with E-state index in [1.165, 1.54) is 32.1 Å². The first-order valence-electron chi connectivity index (χ1n) is 7.66. The van der Waals surface area contributed by atoms with Crippen molar-refractivity contribution >= 4 is 11.6 Å². The summed E-state index contributed by atoms with van der Waals surface area (Å²) < 4.78 is 0. The van der Waals surface area contributed by atoms with E-state index in [9.17, 15) is 4.79 Å². The Morgan fingerprint density at radius 3 is 2.33 bits per heavy atom. The van der Waals surface area contributed by atoms with Crippen molar-refractivity contribution in [3.63, 3.8) is 0 Å². The zero-order chi connectivity index (χ0) is 15.5. The number of benzene rings is 1. The van der Waals surface area contributed by atoms with Crippen LogP contribution in [0.25, 0.3) is 0 Å². The maximum atomic E-state index is 11.0. The van der Waals surface area contributed by atoms with E-state index in [1.807, 2.05) is 12.1 Å². The second kappa shape index (κ2) is 9.91. The lowest BCUT2D eigenvalue weighted by atomic mass is 10.1. The Morgan fingerprint density at radius 1 is 1.10 bits per heavy atom. The topological polar surface area (TPSA) is 71.1 Å². The maximum absolute atomic E-state index is 11.0. The number of carbonyl (C=O) groups excluding carboxylic acids is 1. The average Bonchev–Trinajstić information content (AvgIpc) is 2.49. The van der Waals surface area contributed by atoms with Crippen LogP contribution in [0.1, 0.15) is 55.8 Å². The fourth-order valence-electron chi connectivity index (χ4n) is 1.99. The highest BCUT2D eigenvalue weighted by atomic mass is 16.1. The number of nitrogens with two attached hydrogens (primary N) is 1. The minimum atomic E-state index is -0.432. The van der Waals surface area contributed by atoms with Crippen molar-refractivity contribution in [2.45, 2.75) is 45.4 Å². The Kier molecular flexibility index (Phi) is 8.09. The van der Waals surface area contributed by atoms with Crippen LogP contribution in [0.15, 0.2) is 34.6 Å². The maximum Gasteiger partial charge on any atom is 0.248 e. The Morgan fingerprint density at radius 2 is 1.71 bits per heavy atom. The molecule has 1 rings (SSSR count). The van der Waals surface area contributed by atoms with Crippen LogP contribution in [-0.2, 0) is 0 Å². The lowest BCUT2D eigenvalue weighted by Crippen LogP contribution is -2.11. The molecule has 2 N–H and O–H groups in total. The fraction of sp³-hybridized carbons (Fsp3) is 0.562. The summed E-state index contributed by atoms with van der Waals surface area (Å²) in [5.41, 5.74) is 6.38. The number of hydrogen-bond donors (Lipinski definition) is 1. The van der Waals surface area contributed by atoms with Gasteiger partial charge in [0.05, 0.1) is 5.69 Å². The van der Waals surface area contributed by atoms with Crippen LogP contribution in [0.5, 0.6) is 0 Å². The van der Waals surface area contributed by atoms with E-state index in [0.29, 0.717) is 5.56 Å². The summed E-state index contributed by atoms with van der Waals surface area (Å²) in [6.07, 6.45) is 7.62. The number of rotatable bonds is 10. The van der Waals surface area contributed by atoms with Gasteiger partial charge in [-0.05, 0) is 30.7 Å². The SMILES string of the molecule is CCCCCCCCN(C)N=Nc1ccc(C(N)=O)cc1. The third-order valence-corrected chi connectivity index (χ3v) is 3.30. The summed E-state index contributed by atoms with van der Waals surface area (Å²) in [5.74, 6) is -0.432. The van der Waals surface area contributed by atoms with Gasteiger partial charge in [0.15, 0.2) is 0 Å². The van der Waals surface area contributed by atoms with Gasteiger partial charge in [-0.15, -0.1) is 5.11 Å². The third-order valence-electron chi connectivity index (χ3n) is 3.30. The molecule has 0 saturated heterocycles. The van der Waals surface area contributed by atoms with Gasteiger partial charge in [0, 0.05) is 19.2 Å². The predicted octanol–water partition coefficient (Wildman–Crippen LogP) is 4.08. The Balaban J connectivity index is 2.26. The molecule has 0 aliphatic rings. The van der Waals surface area contributed by atoms with Gasteiger partial charge in [-0.3, -0.25) is 9.80 Å². The lowest BCUT2D eigenvalue weighted by Gasteiger charge is -2.10. The monoisotopic (exact) mass is 290 g/mol. The highest BCUT2D eigenvalue weighted by Crippen LogP contribution is 2.14. The smallest absolute Gasteiger partial charge is 0.248 e. The van der Waals surface area contributed by atoms with E-state index in [2.05, 4.69) is 17.3 Å². The molecule has 0 saturated carbocycles. The highest BCUT2D eigenvalue weighted by molar-refractivity contribution is 5.92. The Bertz CT molecular complexity index is 442. The van der Waals surface area contributed by atoms with Crippen LogP contribution < -0.4 is 5.73 Å². The largest absolute Gasteiger partial charge is 0.366 e. The molecule has 0 aliphatic carbocycles. The van der Waals surface area contributed by atoms with E-state index < -0.39 is 5.91 Å². The molecule has 0 spiro atoms. The molecule has 5 heteroatoms. The Labute approximate surface area is 127 Å². The molecule has 1 aromatic carbocycles. The predicted molar refractivity (Wildman–Crippen MR) is 85.5 cm³/mol. The first kappa shape index (κ1) is 17.1. The van der Waals surface area contributed by atoms with E-state index in [1.54, 1.807) is 24.3 Å². The highest BCUT2D eigenvalue weighted by Gasteiger charge is 1.99. The summed E-state index contributed by atoms with van der Waals surface area (Å²) in [6, 6.07) is 6.79. The quantitative estimate of drug-likeness (QED) is 0.401. The van der Waals surface area contributed by atoms with Gasteiger partial charge in [0.2, 0.25) is 5.91 Å². The van der Waals surface area contributed by atoms with Crippen LogP contribution in [0.3, 0.4) is 0 Å². The molecule has 0 radical (unpaired) electrons. The summed E-state index contributed by atoms with van der Waals surface area (Å²) >= 11 is 0. The first-order chi connectivity index (χ1) is 10.1. The van der Waals surface area contributed by atoms with Crippen LogP contribution >= 0.6 is 0 Å². The number of amides is 1. The molecule has 1 aromatic rings. The molecule has 0 unspecified atom stereocenters. The van der Waals surface area contributed by atoms with Crippen molar-refractivity contribution in [2.24, 2.45) is 16.1 Å². The normalized spacial score (nSPS) is 11.0. The number of hydrogen-bond acceptors (Lipinski definition) is 3. The molecule has 116 valence electrons. The van der Waals surface area contributed by atoms with E-state index in [4.69, 9.17) is 5.73 Å². The van der Waals surface area contributed by atoms with Crippen molar-refractivity contribution in [3.8, 4) is 0 Å². The lowest BCUT2D eigenvalue weighted by molar-refractivity contribution is 0.100. The van der Waals surface area contributed by atoms with E-state index >= 15 is 0 Å². The second-order valence-electron chi connectivity index (χ2n) is 5.25. The molecule has 0 aromatic heterocycles. The summed E-state index contributed by atoms with van der Waals surface area (Å²) in [6.45, 7) is 3.14.